The molecule has 1 aromatic carbocycles. The topological polar surface area (TPSA) is 43.1 Å². The number of primary amides is 1. The van der Waals surface area contributed by atoms with Crippen molar-refractivity contribution in [3.05, 3.63) is 35.4 Å². The Morgan fingerprint density at radius 2 is 2.13 bits per heavy atom. The van der Waals surface area contributed by atoms with E-state index in [2.05, 4.69) is 41.9 Å². The summed E-state index contributed by atoms with van der Waals surface area (Å²) in [5.41, 5.74) is 7.63. The Labute approximate surface area is 99.0 Å². The highest BCUT2D eigenvalue weighted by Gasteiger charge is 2.11. The van der Waals surface area contributed by atoms with Crippen LogP contribution in [-0.2, 0) is 11.2 Å². The lowest BCUT2D eigenvalue weighted by atomic mass is 9.99. The van der Waals surface area contributed by atoms with Gasteiger partial charge in [0.25, 0.3) is 0 Å². The fraction of sp³-hybridized carbons (Fsp3) is 0.417. The van der Waals surface area contributed by atoms with Crippen LogP contribution < -0.4 is 5.73 Å². The highest BCUT2D eigenvalue weighted by atomic mass is 79.9. The van der Waals surface area contributed by atoms with Crippen LogP contribution in [-0.4, -0.2) is 10.7 Å². The lowest BCUT2D eigenvalue weighted by molar-refractivity contribution is -0.117. The summed E-state index contributed by atoms with van der Waals surface area (Å²) in [4.78, 5) is 10.6. The van der Waals surface area contributed by atoms with Gasteiger partial charge in [-0.15, -0.1) is 0 Å². The van der Waals surface area contributed by atoms with Crippen molar-refractivity contribution in [2.24, 2.45) is 5.73 Å². The van der Waals surface area contributed by atoms with Gasteiger partial charge in [0, 0.05) is 0 Å². The summed E-state index contributed by atoms with van der Waals surface area (Å²) in [7, 11) is 0. The van der Waals surface area contributed by atoms with E-state index >= 15 is 0 Å². The molecular formula is C12H16BrNO. The molecule has 15 heavy (non-hydrogen) atoms. The van der Waals surface area contributed by atoms with Gasteiger partial charge in [-0.3, -0.25) is 4.79 Å². The first-order valence-electron chi connectivity index (χ1n) is 5.03. The normalized spacial score (nSPS) is 12.8. The molecule has 82 valence electrons. The number of nitrogens with two attached hydrogens (primary N) is 1. The van der Waals surface area contributed by atoms with Crippen LogP contribution in [0.3, 0.4) is 0 Å². The molecule has 1 unspecified atom stereocenters. The summed E-state index contributed by atoms with van der Waals surface area (Å²) in [5.74, 6) is 0.192. The molecule has 0 spiro atoms. The molecule has 0 bridgehead atoms. The Kier molecular flexibility index (Phi) is 4.33. The molecule has 2 N–H and O–H groups in total. The van der Waals surface area contributed by atoms with Gasteiger partial charge in [0.2, 0.25) is 5.91 Å². The maximum atomic E-state index is 10.9. The molecule has 0 saturated heterocycles. The fourth-order valence-corrected chi connectivity index (χ4v) is 1.76. The van der Waals surface area contributed by atoms with Crippen molar-refractivity contribution in [1.29, 1.82) is 0 Å². The van der Waals surface area contributed by atoms with Gasteiger partial charge in [-0.25, -0.2) is 0 Å². The third-order valence-corrected chi connectivity index (χ3v) is 3.12. The average molecular weight is 270 g/mol. The number of carbonyl (C=O) groups is 1. The molecule has 2 nitrogen and oxygen atoms in total. The van der Waals surface area contributed by atoms with Crippen LogP contribution in [0.4, 0.5) is 0 Å². The zero-order valence-corrected chi connectivity index (χ0v) is 10.6. The summed E-state index contributed by atoms with van der Waals surface area (Å²) in [6, 6.07) is 8.26. The molecule has 1 aromatic rings. The number of halogens is 1. The van der Waals surface area contributed by atoms with E-state index in [-0.39, 0.29) is 10.7 Å². The van der Waals surface area contributed by atoms with E-state index in [1.54, 1.807) is 0 Å². The number of benzene rings is 1. The van der Waals surface area contributed by atoms with Crippen molar-refractivity contribution in [3.63, 3.8) is 0 Å². The van der Waals surface area contributed by atoms with Gasteiger partial charge in [0.05, 0.1) is 4.83 Å². The van der Waals surface area contributed by atoms with Crippen molar-refractivity contribution < 1.29 is 4.79 Å². The van der Waals surface area contributed by atoms with Crippen molar-refractivity contribution in [2.45, 2.75) is 31.0 Å². The second-order valence-corrected chi connectivity index (χ2v) is 5.08. The number of amides is 1. The lowest BCUT2D eigenvalue weighted by Crippen LogP contribution is -2.24. The Morgan fingerprint density at radius 3 is 2.67 bits per heavy atom. The Hall–Kier alpha value is -0.830. The number of hydrogen-bond acceptors (Lipinski definition) is 1. The van der Waals surface area contributed by atoms with Gasteiger partial charge in [0.1, 0.15) is 0 Å². The Balaban J connectivity index is 2.78. The summed E-state index contributed by atoms with van der Waals surface area (Å²) < 4.78 is 0. The van der Waals surface area contributed by atoms with Crippen LogP contribution >= 0.6 is 15.9 Å². The van der Waals surface area contributed by atoms with E-state index in [1.807, 2.05) is 12.1 Å². The minimum atomic E-state index is -0.315. The van der Waals surface area contributed by atoms with Gasteiger partial charge in [-0.2, -0.15) is 0 Å². The zero-order chi connectivity index (χ0) is 11.4. The number of rotatable bonds is 4. The predicted octanol–water partition coefficient (Wildman–Crippen LogP) is 2.60. The van der Waals surface area contributed by atoms with E-state index in [9.17, 15) is 4.79 Å². The molecule has 1 atom stereocenters. The molecule has 0 radical (unpaired) electrons. The van der Waals surface area contributed by atoms with Crippen LogP contribution in [0, 0.1) is 0 Å². The maximum Gasteiger partial charge on any atom is 0.231 e. The van der Waals surface area contributed by atoms with E-state index in [4.69, 9.17) is 5.73 Å². The second-order valence-electron chi connectivity index (χ2n) is 3.97. The van der Waals surface area contributed by atoms with Crippen molar-refractivity contribution in [1.82, 2.24) is 0 Å². The van der Waals surface area contributed by atoms with Gasteiger partial charge in [0.15, 0.2) is 0 Å². The zero-order valence-electron chi connectivity index (χ0n) is 9.03. The summed E-state index contributed by atoms with van der Waals surface area (Å²) in [6.07, 6.45) is 0.649. The van der Waals surface area contributed by atoms with Crippen LogP contribution in [0.15, 0.2) is 24.3 Å². The summed E-state index contributed by atoms with van der Waals surface area (Å²) in [5, 5.41) is 0. The largest absolute Gasteiger partial charge is 0.369 e. The number of alkyl halides is 1. The maximum absolute atomic E-state index is 10.9. The standard InChI is InChI=1S/C12H16BrNO/c1-8(2)10-5-3-4-9(6-10)7-11(13)12(14)15/h3-6,8,11H,7H2,1-2H3,(H2,14,15). The fourth-order valence-electron chi connectivity index (χ4n) is 1.39. The first-order valence-corrected chi connectivity index (χ1v) is 5.94. The van der Waals surface area contributed by atoms with Gasteiger partial charge >= 0.3 is 0 Å². The van der Waals surface area contributed by atoms with Crippen LogP contribution in [0.25, 0.3) is 0 Å². The Morgan fingerprint density at radius 1 is 1.47 bits per heavy atom. The number of hydrogen-bond donors (Lipinski definition) is 1. The van der Waals surface area contributed by atoms with Gasteiger partial charge in [-0.1, -0.05) is 54.0 Å². The highest BCUT2D eigenvalue weighted by Crippen LogP contribution is 2.17. The van der Waals surface area contributed by atoms with E-state index in [1.165, 1.54) is 5.56 Å². The SMILES string of the molecule is CC(C)c1cccc(CC(Br)C(N)=O)c1. The molecule has 0 heterocycles. The van der Waals surface area contributed by atoms with E-state index in [0.29, 0.717) is 12.3 Å². The molecule has 0 fully saturated rings. The predicted molar refractivity (Wildman–Crippen MR) is 66.1 cm³/mol. The molecule has 0 aliphatic carbocycles. The van der Waals surface area contributed by atoms with Crippen LogP contribution in [0.5, 0.6) is 0 Å². The average Bonchev–Trinajstić information content (AvgIpc) is 2.18. The first kappa shape index (κ1) is 12.2. The van der Waals surface area contributed by atoms with Crippen LogP contribution in [0.2, 0.25) is 0 Å². The molecule has 1 rings (SSSR count). The molecule has 0 aromatic heterocycles. The van der Waals surface area contributed by atoms with E-state index in [0.717, 1.165) is 5.56 Å². The van der Waals surface area contributed by atoms with Crippen molar-refractivity contribution in [2.75, 3.05) is 0 Å². The van der Waals surface area contributed by atoms with Crippen molar-refractivity contribution in [3.8, 4) is 0 Å². The third-order valence-electron chi connectivity index (χ3n) is 2.34. The summed E-state index contributed by atoms with van der Waals surface area (Å²) in [6.45, 7) is 4.30. The van der Waals surface area contributed by atoms with Gasteiger partial charge < -0.3 is 5.73 Å². The van der Waals surface area contributed by atoms with Crippen molar-refractivity contribution >= 4 is 21.8 Å². The molecule has 0 saturated carbocycles. The summed E-state index contributed by atoms with van der Waals surface area (Å²) >= 11 is 3.27. The molecule has 1 amide bonds. The highest BCUT2D eigenvalue weighted by molar-refractivity contribution is 9.10. The smallest absolute Gasteiger partial charge is 0.231 e. The molecule has 0 aliphatic heterocycles. The second kappa shape index (κ2) is 5.31. The third kappa shape index (κ3) is 3.67. The minimum Gasteiger partial charge on any atom is -0.369 e. The van der Waals surface area contributed by atoms with Crippen LogP contribution in [0.1, 0.15) is 30.9 Å². The monoisotopic (exact) mass is 269 g/mol. The molecular weight excluding hydrogens is 254 g/mol. The Bertz CT molecular complexity index is 349. The molecule has 3 heteroatoms. The van der Waals surface area contributed by atoms with E-state index < -0.39 is 0 Å². The first-order chi connectivity index (χ1) is 7.00. The minimum absolute atomic E-state index is 0.278. The lowest BCUT2D eigenvalue weighted by Gasteiger charge is -2.09. The van der Waals surface area contributed by atoms with Gasteiger partial charge in [-0.05, 0) is 23.5 Å². The molecule has 0 aliphatic rings. The number of carbonyl (C=O) groups excluding carboxylic acids is 1. The quantitative estimate of drug-likeness (QED) is 0.840.